The Morgan fingerprint density at radius 2 is 1.90 bits per heavy atom. The van der Waals surface area contributed by atoms with Gasteiger partial charge in [0.2, 0.25) is 0 Å². The zero-order chi connectivity index (χ0) is 15.0. The second kappa shape index (κ2) is 5.51. The second-order valence-electron chi connectivity index (χ2n) is 6.47. The Kier molecular flexibility index (Phi) is 3.71. The standard InChI is InChI=1S/C19H22O2/c1-12-6-13(2)19(14(3)7-12)17-9-16(10-18(17)20)8-15-4-5-21-11-15/h4-7,11,16-17H,8-10H2,1-3H3. The van der Waals surface area contributed by atoms with Gasteiger partial charge in [0.1, 0.15) is 5.78 Å². The molecule has 0 amide bonds. The number of aryl methyl sites for hydroxylation is 3. The minimum Gasteiger partial charge on any atom is -0.472 e. The monoisotopic (exact) mass is 282 g/mol. The Morgan fingerprint density at radius 3 is 2.52 bits per heavy atom. The number of hydrogen-bond acceptors (Lipinski definition) is 2. The van der Waals surface area contributed by atoms with E-state index in [1.807, 2.05) is 6.07 Å². The molecule has 1 saturated carbocycles. The van der Waals surface area contributed by atoms with Crippen LogP contribution in [0.4, 0.5) is 0 Å². The van der Waals surface area contributed by atoms with Crippen LogP contribution in [0.1, 0.15) is 46.6 Å². The van der Waals surface area contributed by atoms with Gasteiger partial charge in [-0.15, -0.1) is 0 Å². The quantitative estimate of drug-likeness (QED) is 0.829. The minimum atomic E-state index is 0.0856. The lowest BCUT2D eigenvalue weighted by molar-refractivity contribution is -0.118. The van der Waals surface area contributed by atoms with E-state index in [0.717, 1.165) is 12.8 Å². The maximum absolute atomic E-state index is 12.5. The van der Waals surface area contributed by atoms with Crippen molar-refractivity contribution in [1.29, 1.82) is 0 Å². The predicted octanol–water partition coefficient (Wildman–Crippen LogP) is 4.51. The van der Waals surface area contributed by atoms with E-state index < -0.39 is 0 Å². The van der Waals surface area contributed by atoms with Crippen LogP contribution >= 0.6 is 0 Å². The molecular formula is C19H22O2. The molecule has 0 aliphatic heterocycles. The van der Waals surface area contributed by atoms with Gasteiger partial charge in [-0.3, -0.25) is 4.79 Å². The molecule has 2 nitrogen and oxygen atoms in total. The maximum Gasteiger partial charge on any atom is 0.140 e. The molecule has 0 saturated heterocycles. The first-order valence-corrected chi connectivity index (χ1v) is 7.66. The van der Waals surface area contributed by atoms with Crippen LogP contribution in [0.15, 0.2) is 35.1 Å². The highest BCUT2D eigenvalue weighted by molar-refractivity contribution is 5.88. The summed E-state index contributed by atoms with van der Waals surface area (Å²) in [7, 11) is 0. The minimum absolute atomic E-state index is 0.0856. The summed E-state index contributed by atoms with van der Waals surface area (Å²) in [5.41, 5.74) is 6.25. The molecule has 3 rings (SSSR count). The van der Waals surface area contributed by atoms with E-state index in [2.05, 4.69) is 32.9 Å². The van der Waals surface area contributed by atoms with Crippen LogP contribution in [-0.4, -0.2) is 5.78 Å². The van der Waals surface area contributed by atoms with Crippen molar-refractivity contribution in [1.82, 2.24) is 0 Å². The third kappa shape index (κ3) is 2.80. The Balaban J connectivity index is 1.82. The average molecular weight is 282 g/mol. The summed E-state index contributed by atoms with van der Waals surface area (Å²) in [5.74, 6) is 0.932. The predicted molar refractivity (Wildman–Crippen MR) is 83.5 cm³/mol. The van der Waals surface area contributed by atoms with Gasteiger partial charge in [0.15, 0.2) is 0 Å². The summed E-state index contributed by atoms with van der Waals surface area (Å²) in [4.78, 5) is 12.5. The molecule has 1 fully saturated rings. The summed E-state index contributed by atoms with van der Waals surface area (Å²) in [6.07, 6.45) is 6.11. The van der Waals surface area contributed by atoms with Crippen LogP contribution < -0.4 is 0 Å². The molecule has 21 heavy (non-hydrogen) atoms. The Morgan fingerprint density at radius 1 is 1.19 bits per heavy atom. The topological polar surface area (TPSA) is 30.2 Å². The molecule has 2 unspecified atom stereocenters. The Hall–Kier alpha value is -1.83. The van der Waals surface area contributed by atoms with E-state index in [1.54, 1.807) is 12.5 Å². The molecular weight excluding hydrogens is 260 g/mol. The number of carbonyl (C=O) groups is 1. The molecule has 1 aromatic heterocycles. The molecule has 1 aliphatic carbocycles. The summed E-state index contributed by atoms with van der Waals surface area (Å²) < 4.78 is 5.13. The molecule has 0 N–H and O–H groups in total. The third-order valence-corrected chi connectivity index (χ3v) is 4.64. The fraction of sp³-hybridized carbons (Fsp3) is 0.421. The lowest BCUT2D eigenvalue weighted by atomic mass is 9.87. The number of rotatable bonds is 3. The van der Waals surface area contributed by atoms with E-state index in [1.165, 1.54) is 27.8 Å². The van der Waals surface area contributed by atoms with Crippen molar-refractivity contribution in [2.24, 2.45) is 5.92 Å². The molecule has 110 valence electrons. The van der Waals surface area contributed by atoms with Crippen LogP contribution in [0.2, 0.25) is 0 Å². The van der Waals surface area contributed by atoms with E-state index >= 15 is 0 Å². The van der Waals surface area contributed by atoms with Crippen LogP contribution in [0, 0.1) is 26.7 Å². The Bertz CT molecular complexity index is 629. The zero-order valence-corrected chi connectivity index (χ0v) is 13.0. The van der Waals surface area contributed by atoms with Crippen molar-refractivity contribution < 1.29 is 9.21 Å². The lowest BCUT2D eigenvalue weighted by Crippen LogP contribution is -2.08. The normalized spacial score (nSPS) is 22.0. The first-order valence-electron chi connectivity index (χ1n) is 7.66. The molecule has 1 aliphatic rings. The summed E-state index contributed by atoms with van der Waals surface area (Å²) >= 11 is 0. The van der Waals surface area contributed by atoms with E-state index in [9.17, 15) is 4.79 Å². The average Bonchev–Trinajstić information content (AvgIpc) is 3.00. The van der Waals surface area contributed by atoms with Gasteiger partial charge in [-0.2, -0.15) is 0 Å². The molecule has 0 spiro atoms. The van der Waals surface area contributed by atoms with Gasteiger partial charge in [0.05, 0.1) is 12.5 Å². The van der Waals surface area contributed by atoms with Crippen molar-refractivity contribution in [3.63, 3.8) is 0 Å². The molecule has 2 atom stereocenters. The molecule has 2 aromatic rings. The fourth-order valence-corrected chi connectivity index (χ4v) is 3.89. The molecule has 1 aromatic carbocycles. The zero-order valence-electron chi connectivity index (χ0n) is 13.0. The number of ketones is 1. The first kappa shape index (κ1) is 14.1. The van der Waals surface area contributed by atoms with E-state index in [0.29, 0.717) is 18.1 Å². The summed E-state index contributed by atoms with van der Waals surface area (Å²) in [6, 6.07) is 6.39. The van der Waals surface area contributed by atoms with Gasteiger partial charge in [-0.1, -0.05) is 17.7 Å². The fourth-order valence-electron chi connectivity index (χ4n) is 3.89. The first-order chi connectivity index (χ1) is 10.0. The molecule has 1 heterocycles. The maximum atomic E-state index is 12.5. The van der Waals surface area contributed by atoms with Crippen molar-refractivity contribution in [3.05, 3.63) is 58.5 Å². The lowest BCUT2D eigenvalue weighted by Gasteiger charge is -2.17. The smallest absolute Gasteiger partial charge is 0.140 e. The Labute approximate surface area is 126 Å². The SMILES string of the molecule is Cc1cc(C)c(C2CC(Cc3ccoc3)CC2=O)c(C)c1. The van der Waals surface area contributed by atoms with Crippen LogP contribution in [0.5, 0.6) is 0 Å². The number of Topliss-reactive ketones (excluding diaryl/α,β-unsaturated/α-hetero) is 1. The van der Waals surface area contributed by atoms with E-state index in [-0.39, 0.29) is 5.92 Å². The van der Waals surface area contributed by atoms with Crippen molar-refractivity contribution in [2.45, 2.75) is 46.0 Å². The number of hydrogen-bond donors (Lipinski definition) is 0. The highest BCUT2D eigenvalue weighted by Crippen LogP contribution is 2.40. The number of carbonyl (C=O) groups excluding carboxylic acids is 1. The van der Waals surface area contributed by atoms with Crippen molar-refractivity contribution >= 4 is 5.78 Å². The molecule has 0 radical (unpaired) electrons. The summed E-state index contributed by atoms with van der Waals surface area (Å²) in [5, 5.41) is 0. The van der Waals surface area contributed by atoms with Crippen LogP contribution in [-0.2, 0) is 11.2 Å². The van der Waals surface area contributed by atoms with Gasteiger partial charge in [0.25, 0.3) is 0 Å². The third-order valence-electron chi connectivity index (χ3n) is 4.64. The number of furan rings is 1. The largest absolute Gasteiger partial charge is 0.472 e. The van der Waals surface area contributed by atoms with Crippen molar-refractivity contribution in [2.75, 3.05) is 0 Å². The van der Waals surface area contributed by atoms with Crippen LogP contribution in [0.3, 0.4) is 0 Å². The van der Waals surface area contributed by atoms with Gasteiger partial charge >= 0.3 is 0 Å². The molecule has 2 heteroatoms. The highest BCUT2D eigenvalue weighted by Gasteiger charge is 2.35. The van der Waals surface area contributed by atoms with Gasteiger partial charge in [-0.05, 0) is 67.9 Å². The van der Waals surface area contributed by atoms with E-state index in [4.69, 9.17) is 4.42 Å². The van der Waals surface area contributed by atoms with Gasteiger partial charge in [0, 0.05) is 12.3 Å². The number of benzene rings is 1. The summed E-state index contributed by atoms with van der Waals surface area (Å²) in [6.45, 7) is 6.37. The van der Waals surface area contributed by atoms with Crippen LogP contribution in [0.25, 0.3) is 0 Å². The highest BCUT2D eigenvalue weighted by atomic mass is 16.3. The second-order valence-corrected chi connectivity index (χ2v) is 6.47. The molecule has 0 bridgehead atoms. The van der Waals surface area contributed by atoms with Crippen molar-refractivity contribution in [3.8, 4) is 0 Å². The van der Waals surface area contributed by atoms with Gasteiger partial charge in [-0.25, -0.2) is 0 Å². The van der Waals surface area contributed by atoms with Gasteiger partial charge < -0.3 is 4.42 Å².